The molecule has 0 radical (unpaired) electrons. The van der Waals surface area contributed by atoms with Crippen molar-refractivity contribution < 1.29 is 0 Å². The van der Waals surface area contributed by atoms with E-state index in [4.69, 9.17) is 33.2 Å². The molecule has 9 rings (SSSR count). The predicted molar refractivity (Wildman–Crippen MR) is 220 cm³/mol. The van der Waals surface area contributed by atoms with Gasteiger partial charge in [0.2, 0.25) is 0 Å². The van der Waals surface area contributed by atoms with E-state index in [0.29, 0.717) is 10.0 Å². The fourth-order valence-corrected chi connectivity index (χ4v) is 7.19. The molecule has 0 fully saturated rings. The second kappa shape index (κ2) is 13.6. The Morgan fingerprint density at radius 2 is 0.596 bits per heavy atom. The van der Waals surface area contributed by atoms with Crippen molar-refractivity contribution in [3.63, 3.8) is 0 Å². The van der Waals surface area contributed by atoms with E-state index < -0.39 is 0 Å². The number of hydrogen-bond acceptors (Lipinski definition) is 2. The molecule has 0 spiro atoms. The van der Waals surface area contributed by atoms with Crippen LogP contribution < -0.4 is 0 Å². The average molecular weight is 706 g/mol. The van der Waals surface area contributed by atoms with Gasteiger partial charge in [0.15, 0.2) is 0 Å². The Kier molecular flexibility index (Phi) is 8.33. The van der Waals surface area contributed by atoms with E-state index >= 15 is 0 Å². The summed E-state index contributed by atoms with van der Waals surface area (Å²) in [4.78, 5) is 10.7. The molecule has 0 amide bonds. The minimum Gasteiger partial charge on any atom is -0.245 e. The van der Waals surface area contributed by atoms with Crippen LogP contribution in [0.15, 0.2) is 182 Å². The van der Waals surface area contributed by atoms with E-state index in [-0.39, 0.29) is 0 Å². The molecular formula is C48H30Cl2N2. The van der Waals surface area contributed by atoms with Crippen molar-refractivity contribution in [3.8, 4) is 67.0 Å². The van der Waals surface area contributed by atoms with Crippen molar-refractivity contribution in [2.75, 3.05) is 0 Å². The lowest BCUT2D eigenvalue weighted by atomic mass is 9.92. The van der Waals surface area contributed by atoms with Gasteiger partial charge in [-0.1, -0.05) is 169 Å². The number of rotatable bonds is 6. The summed E-state index contributed by atoms with van der Waals surface area (Å²) in [6.07, 6.45) is 0. The lowest BCUT2D eigenvalue weighted by Gasteiger charge is -2.16. The summed E-state index contributed by atoms with van der Waals surface area (Å²) in [6.45, 7) is 0. The lowest BCUT2D eigenvalue weighted by molar-refractivity contribution is 1.36. The maximum Gasteiger partial charge on any atom is 0.0978 e. The van der Waals surface area contributed by atoms with Crippen LogP contribution >= 0.6 is 23.2 Å². The van der Waals surface area contributed by atoms with Gasteiger partial charge >= 0.3 is 0 Å². The maximum atomic E-state index is 6.33. The molecule has 0 saturated heterocycles. The van der Waals surface area contributed by atoms with Crippen LogP contribution in [0.2, 0.25) is 10.0 Å². The standard InChI is InChI=1S/C48H30Cl2N2/c49-39-23-19-37(20-24-39)45-29-43(35-15-11-33(12-16-35)31-7-3-1-4-8-31)41-27-28-42-44(36-17-13-34(14-18-36)32-9-5-2-6-10-32)30-46(52-48(42)47(41)51-45)38-21-25-40(50)26-22-38/h1-30H. The molecule has 0 saturated carbocycles. The van der Waals surface area contributed by atoms with Crippen LogP contribution in [0.3, 0.4) is 0 Å². The van der Waals surface area contributed by atoms with Crippen LogP contribution in [-0.4, -0.2) is 9.97 Å². The first kappa shape index (κ1) is 31.9. The van der Waals surface area contributed by atoms with Crippen molar-refractivity contribution in [1.29, 1.82) is 0 Å². The van der Waals surface area contributed by atoms with Crippen LogP contribution in [0.25, 0.3) is 88.8 Å². The van der Waals surface area contributed by atoms with Crippen molar-refractivity contribution in [1.82, 2.24) is 9.97 Å². The highest BCUT2D eigenvalue weighted by Gasteiger charge is 2.18. The van der Waals surface area contributed by atoms with Gasteiger partial charge < -0.3 is 0 Å². The molecule has 0 aliphatic rings. The highest BCUT2D eigenvalue weighted by molar-refractivity contribution is 6.31. The number of halogens is 2. The normalized spacial score (nSPS) is 11.3. The maximum absolute atomic E-state index is 6.33. The van der Waals surface area contributed by atoms with Crippen molar-refractivity contribution >= 4 is 45.0 Å². The Balaban J connectivity index is 1.29. The smallest absolute Gasteiger partial charge is 0.0978 e. The van der Waals surface area contributed by atoms with Gasteiger partial charge in [-0.25, -0.2) is 9.97 Å². The van der Waals surface area contributed by atoms with E-state index in [2.05, 4.69) is 121 Å². The second-order valence-corrected chi connectivity index (χ2v) is 13.7. The Morgan fingerprint density at radius 1 is 0.288 bits per heavy atom. The largest absolute Gasteiger partial charge is 0.245 e. The number of pyridine rings is 2. The van der Waals surface area contributed by atoms with E-state index in [1.54, 1.807) is 0 Å². The van der Waals surface area contributed by atoms with Gasteiger partial charge in [0.05, 0.1) is 22.4 Å². The molecule has 0 bridgehead atoms. The van der Waals surface area contributed by atoms with Crippen LogP contribution in [-0.2, 0) is 0 Å². The molecule has 7 aromatic carbocycles. The molecule has 52 heavy (non-hydrogen) atoms. The first-order valence-electron chi connectivity index (χ1n) is 17.2. The van der Waals surface area contributed by atoms with E-state index in [1.165, 1.54) is 22.3 Å². The number of aromatic nitrogens is 2. The molecular weight excluding hydrogens is 675 g/mol. The third kappa shape index (κ3) is 6.13. The van der Waals surface area contributed by atoms with Crippen molar-refractivity contribution in [2.45, 2.75) is 0 Å². The van der Waals surface area contributed by atoms with Crippen molar-refractivity contribution in [3.05, 3.63) is 192 Å². The van der Waals surface area contributed by atoms with Gasteiger partial charge in [0.1, 0.15) is 0 Å². The lowest BCUT2D eigenvalue weighted by Crippen LogP contribution is -1.96. The number of nitrogens with zero attached hydrogens (tertiary/aromatic N) is 2. The molecule has 2 nitrogen and oxygen atoms in total. The molecule has 4 heteroatoms. The van der Waals surface area contributed by atoms with E-state index in [0.717, 1.165) is 66.6 Å². The number of hydrogen-bond donors (Lipinski definition) is 0. The van der Waals surface area contributed by atoms with Crippen LogP contribution in [0.5, 0.6) is 0 Å². The summed E-state index contributed by atoms with van der Waals surface area (Å²) in [5.41, 5.74) is 14.4. The average Bonchev–Trinajstić information content (AvgIpc) is 3.21. The summed E-state index contributed by atoms with van der Waals surface area (Å²) >= 11 is 12.7. The van der Waals surface area contributed by atoms with Crippen LogP contribution in [0, 0.1) is 0 Å². The molecule has 0 N–H and O–H groups in total. The van der Waals surface area contributed by atoms with Gasteiger partial charge in [-0.05, 0) is 80.9 Å². The number of benzene rings is 7. The van der Waals surface area contributed by atoms with Crippen LogP contribution in [0.4, 0.5) is 0 Å². The molecule has 2 heterocycles. The Labute approximate surface area is 312 Å². The fourth-order valence-electron chi connectivity index (χ4n) is 6.94. The van der Waals surface area contributed by atoms with E-state index in [1.807, 2.05) is 60.7 Å². The fraction of sp³-hybridized carbons (Fsp3) is 0. The molecule has 0 aliphatic heterocycles. The van der Waals surface area contributed by atoms with Gasteiger partial charge in [-0.2, -0.15) is 0 Å². The molecule has 246 valence electrons. The molecule has 9 aromatic rings. The minimum absolute atomic E-state index is 0.684. The predicted octanol–water partition coefficient (Wildman–Crippen LogP) is 14.1. The van der Waals surface area contributed by atoms with E-state index in [9.17, 15) is 0 Å². The summed E-state index contributed by atoms with van der Waals surface area (Å²) < 4.78 is 0. The zero-order valence-electron chi connectivity index (χ0n) is 28.0. The zero-order chi connectivity index (χ0) is 35.0. The van der Waals surface area contributed by atoms with Crippen LogP contribution in [0.1, 0.15) is 0 Å². The molecule has 0 aliphatic carbocycles. The van der Waals surface area contributed by atoms with Crippen molar-refractivity contribution in [2.24, 2.45) is 0 Å². The van der Waals surface area contributed by atoms with Gasteiger partial charge in [-0.15, -0.1) is 0 Å². The molecule has 0 atom stereocenters. The van der Waals surface area contributed by atoms with Gasteiger partial charge in [-0.3, -0.25) is 0 Å². The topological polar surface area (TPSA) is 25.8 Å². The number of fused-ring (bicyclic) bond motifs is 3. The summed E-state index contributed by atoms with van der Waals surface area (Å²) in [5.74, 6) is 0. The minimum atomic E-state index is 0.684. The summed E-state index contributed by atoms with van der Waals surface area (Å²) in [7, 11) is 0. The highest BCUT2D eigenvalue weighted by atomic mass is 35.5. The Hall–Kier alpha value is -6.06. The first-order valence-corrected chi connectivity index (χ1v) is 18.0. The Morgan fingerprint density at radius 3 is 0.962 bits per heavy atom. The quantitative estimate of drug-likeness (QED) is 0.161. The van der Waals surface area contributed by atoms with Gasteiger partial charge in [0, 0.05) is 31.9 Å². The molecule has 2 aromatic heterocycles. The SMILES string of the molecule is Clc1ccc(-c2cc(-c3ccc(-c4ccccc4)cc3)c3ccc4c(-c5ccc(-c6ccccc6)cc5)cc(-c5ccc(Cl)cc5)nc4c3n2)cc1. The monoisotopic (exact) mass is 704 g/mol. The second-order valence-electron chi connectivity index (χ2n) is 12.9. The third-order valence-corrected chi connectivity index (χ3v) is 10.1. The van der Waals surface area contributed by atoms with Gasteiger partial charge in [0.25, 0.3) is 0 Å². The Bertz CT molecular complexity index is 2500. The summed E-state index contributed by atoms with van der Waals surface area (Å²) in [6, 6.07) is 63.0. The summed E-state index contributed by atoms with van der Waals surface area (Å²) in [5, 5.41) is 3.43. The highest BCUT2D eigenvalue weighted by Crippen LogP contribution is 2.40. The first-order chi connectivity index (χ1) is 25.6. The third-order valence-electron chi connectivity index (χ3n) is 9.64. The molecule has 0 unspecified atom stereocenters. The zero-order valence-corrected chi connectivity index (χ0v) is 29.5.